The maximum absolute atomic E-state index is 5.12. The van der Waals surface area contributed by atoms with Gasteiger partial charge >= 0.3 is 0 Å². The number of hydrogen-bond donors (Lipinski definition) is 1. The van der Waals surface area contributed by atoms with Crippen molar-refractivity contribution in [2.45, 2.75) is 25.9 Å². The Morgan fingerprint density at radius 3 is 3.10 bits per heavy atom. The first-order valence-corrected chi connectivity index (χ1v) is 7.86. The summed E-state index contributed by atoms with van der Waals surface area (Å²) in [4.78, 5) is 16.4. The van der Waals surface area contributed by atoms with Gasteiger partial charge < -0.3 is 10.1 Å². The maximum atomic E-state index is 5.12. The number of likely N-dealkylation sites (tertiary alicyclic amines) is 1. The van der Waals surface area contributed by atoms with E-state index >= 15 is 0 Å². The van der Waals surface area contributed by atoms with Crippen molar-refractivity contribution in [2.24, 2.45) is 0 Å². The predicted molar refractivity (Wildman–Crippen MR) is 82.7 cm³/mol. The fourth-order valence-corrected chi connectivity index (χ4v) is 3.33. The number of hydrogen-bond acceptors (Lipinski definition) is 7. The molecule has 0 aliphatic carbocycles. The summed E-state index contributed by atoms with van der Waals surface area (Å²) in [5.74, 6) is 1.41. The lowest BCUT2D eigenvalue weighted by atomic mass is 10.2. The van der Waals surface area contributed by atoms with Crippen LogP contribution in [0.2, 0.25) is 0 Å². The van der Waals surface area contributed by atoms with E-state index in [9.17, 15) is 0 Å². The van der Waals surface area contributed by atoms with Crippen LogP contribution in [0.5, 0.6) is 5.88 Å². The van der Waals surface area contributed by atoms with Gasteiger partial charge in [0.15, 0.2) is 0 Å². The molecule has 1 aliphatic heterocycles. The molecule has 1 fully saturated rings. The van der Waals surface area contributed by atoms with Gasteiger partial charge in [-0.05, 0) is 13.3 Å². The van der Waals surface area contributed by atoms with Crippen LogP contribution < -0.4 is 10.1 Å². The lowest BCUT2D eigenvalue weighted by molar-refractivity contribution is 0.330. The highest BCUT2D eigenvalue weighted by Gasteiger charge is 2.23. The number of methoxy groups -OCH3 is 1. The summed E-state index contributed by atoms with van der Waals surface area (Å²) in [5, 5.41) is 3.45. The molecule has 0 spiro atoms. The molecular weight excluding hydrogens is 286 g/mol. The van der Waals surface area contributed by atoms with Crippen LogP contribution in [0, 0.1) is 6.92 Å². The molecule has 0 saturated carbocycles. The van der Waals surface area contributed by atoms with Gasteiger partial charge in [-0.2, -0.15) is 0 Å². The zero-order chi connectivity index (χ0) is 14.7. The third-order valence-corrected chi connectivity index (χ3v) is 4.61. The first-order valence-electron chi connectivity index (χ1n) is 6.98. The highest BCUT2D eigenvalue weighted by atomic mass is 32.1. The molecule has 1 saturated heterocycles. The number of thiazole rings is 1. The minimum absolute atomic E-state index is 0.415. The lowest BCUT2D eigenvalue weighted by Gasteiger charge is -2.16. The lowest BCUT2D eigenvalue weighted by Crippen LogP contribution is -2.26. The highest BCUT2D eigenvalue weighted by Crippen LogP contribution is 2.21. The average Bonchev–Trinajstić information content (AvgIpc) is 3.10. The van der Waals surface area contributed by atoms with Crippen molar-refractivity contribution in [3.8, 4) is 5.88 Å². The van der Waals surface area contributed by atoms with Crippen molar-refractivity contribution in [1.29, 1.82) is 0 Å². The van der Waals surface area contributed by atoms with E-state index < -0.39 is 0 Å². The molecule has 1 aliphatic rings. The van der Waals surface area contributed by atoms with E-state index in [2.05, 4.69) is 32.1 Å². The average molecular weight is 305 g/mol. The van der Waals surface area contributed by atoms with Gasteiger partial charge in [-0.25, -0.2) is 15.0 Å². The quantitative estimate of drug-likeness (QED) is 0.911. The van der Waals surface area contributed by atoms with Gasteiger partial charge in [0.05, 0.1) is 18.3 Å². The summed E-state index contributed by atoms with van der Waals surface area (Å²) in [6.07, 6.45) is 2.64. The first kappa shape index (κ1) is 14.2. The number of aryl methyl sites for hydroxylation is 1. The van der Waals surface area contributed by atoms with Gasteiger partial charge in [0.1, 0.15) is 12.1 Å². The molecule has 6 nitrogen and oxygen atoms in total. The molecule has 0 radical (unpaired) electrons. The van der Waals surface area contributed by atoms with Crippen molar-refractivity contribution < 1.29 is 4.74 Å². The molecule has 2 aromatic heterocycles. The van der Waals surface area contributed by atoms with Crippen LogP contribution in [-0.2, 0) is 6.54 Å². The Hall–Kier alpha value is -1.73. The van der Waals surface area contributed by atoms with Crippen LogP contribution in [0.1, 0.15) is 17.0 Å². The monoisotopic (exact) mass is 305 g/mol. The van der Waals surface area contributed by atoms with Crippen LogP contribution >= 0.6 is 11.3 Å². The summed E-state index contributed by atoms with van der Waals surface area (Å²) in [6, 6.07) is 2.24. The third-order valence-electron chi connectivity index (χ3n) is 3.69. The number of anilines is 1. The molecular formula is C14H19N5OS. The summed E-state index contributed by atoms with van der Waals surface area (Å²) in [5.41, 5.74) is 3.07. The fraction of sp³-hybridized carbons (Fsp3) is 0.500. The Morgan fingerprint density at radius 1 is 1.43 bits per heavy atom. The maximum Gasteiger partial charge on any atom is 0.218 e. The molecule has 2 aromatic rings. The molecule has 0 aromatic carbocycles. The molecule has 112 valence electrons. The summed E-state index contributed by atoms with van der Waals surface area (Å²) in [7, 11) is 1.61. The Bertz CT molecular complexity index is 603. The van der Waals surface area contributed by atoms with Crippen LogP contribution in [-0.4, -0.2) is 46.1 Å². The minimum atomic E-state index is 0.415. The number of nitrogens with one attached hydrogen (secondary N) is 1. The fourth-order valence-electron chi connectivity index (χ4n) is 2.51. The Balaban J connectivity index is 1.56. The van der Waals surface area contributed by atoms with Crippen molar-refractivity contribution >= 4 is 17.2 Å². The second kappa shape index (κ2) is 6.36. The van der Waals surface area contributed by atoms with Crippen molar-refractivity contribution in [3.05, 3.63) is 28.5 Å². The highest BCUT2D eigenvalue weighted by molar-refractivity contribution is 7.09. The van der Waals surface area contributed by atoms with E-state index in [-0.39, 0.29) is 0 Å². The van der Waals surface area contributed by atoms with E-state index in [1.807, 2.05) is 11.6 Å². The zero-order valence-electron chi connectivity index (χ0n) is 12.2. The van der Waals surface area contributed by atoms with Gasteiger partial charge in [-0.3, -0.25) is 4.90 Å². The summed E-state index contributed by atoms with van der Waals surface area (Å²) >= 11 is 1.74. The van der Waals surface area contributed by atoms with Gasteiger partial charge in [-0.15, -0.1) is 11.3 Å². The Kier molecular flexibility index (Phi) is 4.31. The van der Waals surface area contributed by atoms with Crippen LogP contribution in [0.4, 0.5) is 5.82 Å². The van der Waals surface area contributed by atoms with E-state index in [1.54, 1.807) is 18.4 Å². The second-order valence-corrected chi connectivity index (χ2v) is 6.11. The largest absolute Gasteiger partial charge is 0.481 e. The smallest absolute Gasteiger partial charge is 0.218 e. The number of nitrogens with zero attached hydrogens (tertiary/aromatic N) is 4. The summed E-state index contributed by atoms with van der Waals surface area (Å²) in [6.45, 7) is 5.17. The third kappa shape index (κ3) is 3.48. The molecule has 1 atom stereocenters. The topological polar surface area (TPSA) is 63.2 Å². The molecule has 21 heavy (non-hydrogen) atoms. The van der Waals surface area contributed by atoms with Crippen LogP contribution in [0.25, 0.3) is 0 Å². The first-order chi connectivity index (χ1) is 10.2. The SMILES string of the molecule is COc1cc(NC2CCN(Cc3scnc3C)C2)ncn1. The minimum Gasteiger partial charge on any atom is -0.481 e. The van der Waals surface area contributed by atoms with Crippen molar-refractivity contribution in [1.82, 2.24) is 19.9 Å². The molecule has 0 bridgehead atoms. The second-order valence-electron chi connectivity index (χ2n) is 5.17. The van der Waals surface area contributed by atoms with Gasteiger partial charge in [0.2, 0.25) is 5.88 Å². The molecule has 1 unspecified atom stereocenters. The van der Waals surface area contributed by atoms with Gasteiger partial charge in [-0.1, -0.05) is 0 Å². The van der Waals surface area contributed by atoms with Crippen LogP contribution in [0.3, 0.4) is 0 Å². The number of ether oxygens (including phenoxy) is 1. The number of aromatic nitrogens is 3. The van der Waals surface area contributed by atoms with Crippen LogP contribution in [0.15, 0.2) is 17.9 Å². The number of rotatable bonds is 5. The molecule has 7 heteroatoms. The molecule has 0 amide bonds. The Morgan fingerprint density at radius 2 is 2.33 bits per heavy atom. The zero-order valence-corrected chi connectivity index (χ0v) is 13.1. The van der Waals surface area contributed by atoms with Crippen molar-refractivity contribution in [2.75, 3.05) is 25.5 Å². The molecule has 3 heterocycles. The standard InChI is InChI=1S/C14H19N5OS/c1-10-12(21-9-17-10)7-19-4-3-11(6-19)18-13-5-14(20-2)16-8-15-13/h5,8-9,11H,3-4,6-7H2,1-2H3,(H,15,16,18). The Labute approximate surface area is 128 Å². The van der Waals surface area contributed by atoms with E-state index in [4.69, 9.17) is 4.74 Å². The normalized spacial score (nSPS) is 18.9. The predicted octanol–water partition coefficient (Wildman–Crippen LogP) is 1.94. The van der Waals surface area contributed by atoms with Crippen molar-refractivity contribution in [3.63, 3.8) is 0 Å². The summed E-state index contributed by atoms with van der Waals surface area (Å²) < 4.78 is 5.12. The molecule has 3 rings (SSSR count). The van der Waals surface area contributed by atoms with E-state index in [1.165, 1.54) is 11.2 Å². The van der Waals surface area contributed by atoms with E-state index in [0.29, 0.717) is 11.9 Å². The molecule has 1 N–H and O–H groups in total. The van der Waals surface area contributed by atoms with Gasteiger partial charge in [0, 0.05) is 36.6 Å². The van der Waals surface area contributed by atoms with Gasteiger partial charge in [0.25, 0.3) is 0 Å². The van der Waals surface area contributed by atoms with E-state index in [0.717, 1.165) is 37.6 Å².